The van der Waals surface area contributed by atoms with E-state index in [1.807, 2.05) is 55.2 Å². The molecular weight excluding hydrogens is 414 g/mol. The number of aliphatic imine (C=N–C) groups is 1. The van der Waals surface area contributed by atoms with Crippen molar-refractivity contribution in [3.8, 4) is 11.5 Å². The molecular formula is C19H20BrN3O2S. The molecule has 0 radical (unpaired) electrons. The summed E-state index contributed by atoms with van der Waals surface area (Å²) in [4.78, 5) is 11.9. The highest BCUT2D eigenvalue weighted by atomic mass is 79.9. The maximum absolute atomic E-state index is 10.3. The number of aromatic nitrogens is 1. The van der Waals surface area contributed by atoms with E-state index in [1.54, 1.807) is 0 Å². The molecule has 4 rings (SSSR count). The third kappa shape index (κ3) is 3.07. The van der Waals surface area contributed by atoms with Crippen molar-refractivity contribution in [2.75, 3.05) is 13.2 Å². The Morgan fingerprint density at radius 1 is 1.38 bits per heavy atom. The van der Waals surface area contributed by atoms with Crippen molar-refractivity contribution in [1.29, 1.82) is 0 Å². The number of phenols is 1. The van der Waals surface area contributed by atoms with Gasteiger partial charge >= 0.3 is 0 Å². The number of aromatic hydroxyl groups is 1. The molecule has 3 atom stereocenters. The van der Waals surface area contributed by atoms with Gasteiger partial charge in [-0.3, -0.25) is 9.98 Å². The van der Waals surface area contributed by atoms with Crippen molar-refractivity contribution in [2.24, 2.45) is 4.99 Å². The lowest BCUT2D eigenvalue weighted by molar-refractivity contribution is 0.306. The minimum absolute atomic E-state index is 0.0356. The molecule has 136 valence electrons. The molecule has 1 fully saturated rings. The molecule has 1 aromatic carbocycles. The summed E-state index contributed by atoms with van der Waals surface area (Å²) in [5, 5.41) is 11.9. The van der Waals surface area contributed by atoms with E-state index in [2.05, 4.69) is 32.7 Å². The fourth-order valence-corrected chi connectivity index (χ4v) is 5.06. The first kappa shape index (κ1) is 17.7. The predicted octanol–water partition coefficient (Wildman–Crippen LogP) is 4.54. The lowest BCUT2D eigenvalue weighted by Gasteiger charge is -2.28. The molecule has 1 aromatic heterocycles. The van der Waals surface area contributed by atoms with Crippen molar-refractivity contribution < 1.29 is 9.84 Å². The van der Waals surface area contributed by atoms with E-state index in [9.17, 15) is 5.11 Å². The summed E-state index contributed by atoms with van der Waals surface area (Å²) >= 11 is 5.28. The van der Waals surface area contributed by atoms with E-state index in [4.69, 9.17) is 9.73 Å². The van der Waals surface area contributed by atoms with Crippen LogP contribution in [0.5, 0.6) is 11.5 Å². The van der Waals surface area contributed by atoms with Crippen LogP contribution in [-0.2, 0) is 0 Å². The van der Waals surface area contributed by atoms with Gasteiger partial charge in [0, 0.05) is 18.0 Å². The third-order valence-electron chi connectivity index (χ3n) is 4.57. The topological polar surface area (TPSA) is 58.0 Å². The third-order valence-corrected chi connectivity index (χ3v) is 6.28. The Bertz CT molecular complexity index is 846. The highest BCUT2D eigenvalue weighted by molar-refractivity contribution is 9.10. The molecule has 1 saturated heterocycles. The quantitative estimate of drug-likeness (QED) is 0.766. The number of hydrogen-bond acceptors (Lipinski definition) is 6. The van der Waals surface area contributed by atoms with Crippen molar-refractivity contribution in [2.45, 2.75) is 31.2 Å². The predicted molar refractivity (Wildman–Crippen MR) is 108 cm³/mol. The molecule has 0 saturated carbocycles. The van der Waals surface area contributed by atoms with E-state index < -0.39 is 0 Å². The fourth-order valence-electron chi connectivity index (χ4n) is 3.51. The monoisotopic (exact) mass is 433 g/mol. The smallest absolute Gasteiger partial charge is 0.172 e. The van der Waals surface area contributed by atoms with E-state index in [-0.39, 0.29) is 17.8 Å². The van der Waals surface area contributed by atoms with Crippen LogP contribution in [0.2, 0.25) is 0 Å². The van der Waals surface area contributed by atoms with E-state index in [0.29, 0.717) is 22.1 Å². The van der Waals surface area contributed by atoms with Gasteiger partial charge in [0.15, 0.2) is 16.7 Å². The number of hydrogen-bond donors (Lipinski definition) is 1. The highest BCUT2D eigenvalue weighted by Gasteiger charge is 2.43. The number of halogens is 1. The molecule has 3 heterocycles. The first-order valence-electron chi connectivity index (χ1n) is 8.65. The standard InChI is InChI=1S/C19H20BrN3O2S/c1-3-25-15-9-12(8-13(20)18(15)24)17-16(14-6-4-5-7-21-14)22-19-23(17)10-11(2)26-19/h4-9,11,16-17,24H,3,10H2,1-2H3/t11-,16+,17-/m1/s1. The summed E-state index contributed by atoms with van der Waals surface area (Å²) < 4.78 is 6.27. The van der Waals surface area contributed by atoms with Crippen LogP contribution in [0.15, 0.2) is 46.0 Å². The van der Waals surface area contributed by atoms with Crippen molar-refractivity contribution in [3.63, 3.8) is 0 Å². The van der Waals surface area contributed by atoms with Gasteiger partial charge in [-0.25, -0.2) is 0 Å². The Balaban J connectivity index is 1.80. The Hall–Kier alpha value is -1.73. The lowest BCUT2D eigenvalue weighted by atomic mass is 9.96. The summed E-state index contributed by atoms with van der Waals surface area (Å²) in [5.74, 6) is 0.623. The normalized spacial score (nSPS) is 24.5. The van der Waals surface area contributed by atoms with Gasteiger partial charge in [0.25, 0.3) is 0 Å². The SMILES string of the molecule is CCOc1cc([C@@H]2[C@H](c3ccccn3)N=C3S[C@H](C)CN32)cc(Br)c1O. The summed E-state index contributed by atoms with van der Waals surface area (Å²) in [6.45, 7) is 5.57. The zero-order valence-electron chi connectivity index (χ0n) is 14.6. The zero-order chi connectivity index (χ0) is 18.3. The first-order valence-corrected chi connectivity index (χ1v) is 10.3. The summed E-state index contributed by atoms with van der Waals surface area (Å²) in [6, 6.07) is 9.79. The fraction of sp³-hybridized carbons (Fsp3) is 0.368. The number of fused-ring (bicyclic) bond motifs is 1. The van der Waals surface area contributed by atoms with Gasteiger partial charge in [-0.1, -0.05) is 24.8 Å². The van der Waals surface area contributed by atoms with Gasteiger partial charge in [0.1, 0.15) is 6.04 Å². The van der Waals surface area contributed by atoms with Gasteiger partial charge in [-0.2, -0.15) is 0 Å². The average molecular weight is 434 g/mol. The molecule has 0 aliphatic carbocycles. The largest absolute Gasteiger partial charge is 0.503 e. The summed E-state index contributed by atoms with van der Waals surface area (Å²) in [5.41, 5.74) is 2.01. The van der Waals surface area contributed by atoms with Crippen molar-refractivity contribution in [1.82, 2.24) is 9.88 Å². The van der Waals surface area contributed by atoms with Gasteiger partial charge < -0.3 is 14.7 Å². The van der Waals surface area contributed by atoms with Crippen molar-refractivity contribution >= 4 is 32.9 Å². The highest BCUT2D eigenvalue weighted by Crippen LogP contribution is 2.49. The second kappa shape index (κ2) is 7.12. The number of rotatable bonds is 4. The van der Waals surface area contributed by atoms with Gasteiger partial charge in [0.05, 0.1) is 22.8 Å². The number of phenolic OH excluding ortho intramolecular Hbond substituents is 1. The molecule has 7 heteroatoms. The number of benzene rings is 1. The zero-order valence-corrected chi connectivity index (χ0v) is 17.0. The summed E-state index contributed by atoms with van der Waals surface area (Å²) in [6.07, 6.45) is 1.81. The van der Waals surface area contributed by atoms with Crippen molar-refractivity contribution in [3.05, 3.63) is 52.3 Å². The maximum atomic E-state index is 10.3. The average Bonchev–Trinajstić information content (AvgIpc) is 3.15. The molecule has 0 bridgehead atoms. The van der Waals surface area contributed by atoms with Gasteiger partial charge in [-0.15, -0.1) is 0 Å². The molecule has 26 heavy (non-hydrogen) atoms. The van der Waals surface area contributed by atoms with Crippen LogP contribution >= 0.6 is 27.7 Å². The minimum atomic E-state index is -0.0721. The molecule has 2 aliphatic heterocycles. The van der Waals surface area contributed by atoms with E-state index >= 15 is 0 Å². The van der Waals surface area contributed by atoms with Gasteiger partial charge in [0.2, 0.25) is 0 Å². The second-order valence-electron chi connectivity index (χ2n) is 6.42. The maximum Gasteiger partial charge on any atom is 0.172 e. The summed E-state index contributed by atoms with van der Waals surface area (Å²) in [7, 11) is 0. The second-order valence-corrected chi connectivity index (χ2v) is 8.68. The first-order chi connectivity index (χ1) is 12.6. The lowest BCUT2D eigenvalue weighted by Crippen LogP contribution is -2.28. The molecule has 5 nitrogen and oxygen atoms in total. The van der Waals surface area contributed by atoms with E-state index in [1.165, 1.54) is 0 Å². The minimum Gasteiger partial charge on any atom is -0.503 e. The van der Waals surface area contributed by atoms with E-state index in [0.717, 1.165) is 23.0 Å². The Morgan fingerprint density at radius 3 is 2.96 bits per heavy atom. The Kier molecular flexibility index (Phi) is 4.84. The number of thioether (sulfide) groups is 1. The molecule has 2 aromatic rings. The Morgan fingerprint density at radius 2 is 2.23 bits per heavy atom. The number of amidine groups is 1. The molecule has 0 unspecified atom stereocenters. The molecule has 2 aliphatic rings. The van der Waals surface area contributed by atoms with Crippen LogP contribution < -0.4 is 4.74 Å². The number of ether oxygens (including phenoxy) is 1. The van der Waals surface area contributed by atoms with Crippen LogP contribution in [0, 0.1) is 0 Å². The van der Waals surface area contributed by atoms with Crippen LogP contribution in [0.25, 0.3) is 0 Å². The molecule has 1 N–H and O–H groups in total. The molecule has 0 amide bonds. The Labute approximate surface area is 165 Å². The van der Waals surface area contributed by atoms with Crippen LogP contribution in [0.1, 0.15) is 37.2 Å². The van der Waals surface area contributed by atoms with Crippen LogP contribution in [-0.4, -0.2) is 38.6 Å². The van der Waals surface area contributed by atoms with Crippen LogP contribution in [0.4, 0.5) is 0 Å². The number of pyridine rings is 1. The van der Waals surface area contributed by atoms with Gasteiger partial charge in [-0.05, 0) is 52.7 Å². The van der Waals surface area contributed by atoms with Crippen LogP contribution in [0.3, 0.4) is 0 Å². The number of nitrogens with zero attached hydrogens (tertiary/aromatic N) is 3. The molecule has 0 spiro atoms.